The van der Waals surface area contributed by atoms with Gasteiger partial charge in [0.05, 0.1) is 7.11 Å². The Kier molecular flexibility index (Phi) is 2.80. The Bertz CT molecular complexity index is 428. The number of hydrogen-bond acceptors (Lipinski definition) is 3. The van der Waals surface area contributed by atoms with E-state index in [1.807, 2.05) is 0 Å². The van der Waals surface area contributed by atoms with Gasteiger partial charge in [0.25, 0.3) is 0 Å². The maximum absolute atomic E-state index is 12.8. The van der Waals surface area contributed by atoms with Crippen molar-refractivity contribution < 1.29 is 17.0 Å². The van der Waals surface area contributed by atoms with Crippen LogP contribution in [0.2, 0.25) is 0 Å². The van der Waals surface area contributed by atoms with Crippen LogP contribution in [-0.4, -0.2) is 15.5 Å². The molecule has 1 rings (SSSR count). The first-order valence-electron chi connectivity index (χ1n) is 3.96. The van der Waals surface area contributed by atoms with Crippen molar-refractivity contribution in [2.24, 2.45) is 0 Å². The molecule has 5 heteroatoms. The van der Waals surface area contributed by atoms with Crippen molar-refractivity contribution in [3.63, 3.8) is 0 Å². The quantitative estimate of drug-likeness (QED) is 0.713. The highest BCUT2D eigenvalue weighted by Gasteiger charge is 2.18. The summed E-state index contributed by atoms with van der Waals surface area (Å²) < 4.78 is 39.3. The van der Waals surface area contributed by atoms with Crippen LogP contribution in [0.15, 0.2) is 17.0 Å². The fraction of sp³-hybridized carbons (Fsp3) is 0.333. The highest BCUT2D eigenvalue weighted by atomic mass is 32.3. The van der Waals surface area contributed by atoms with Gasteiger partial charge in [-0.05, 0) is 37.1 Å². The second-order valence-corrected chi connectivity index (χ2v) is 4.31. The summed E-state index contributed by atoms with van der Waals surface area (Å²) in [5, 5.41) is 0. The summed E-state index contributed by atoms with van der Waals surface area (Å²) in [6, 6.07) is 2.97. The van der Waals surface area contributed by atoms with Gasteiger partial charge in [0.2, 0.25) is 0 Å². The minimum Gasteiger partial charge on any atom is -0.497 e. The summed E-state index contributed by atoms with van der Waals surface area (Å²) in [7, 11) is -3.17. The van der Waals surface area contributed by atoms with E-state index >= 15 is 0 Å². The second kappa shape index (κ2) is 3.57. The van der Waals surface area contributed by atoms with Crippen molar-refractivity contribution >= 4 is 10.2 Å². The van der Waals surface area contributed by atoms with Crippen LogP contribution >= 0.6 is 0 Å². The normalized spacial score (nSPS) is 11.4. The molecule has 1 aromatic carbocycles. The molecule has 0 aliphatic heterocycles. The molecule has 0 fully saturated rings. The van der Waals surface area contributed by atoms with E-state index in [2.05, 4.69) is 0 Å². The SMILES string of the molecule is COc1cc(C)c(S(=O)(=O)F)c(C)c1. The van der Waals surface area contributed by atoms with E-state index in [4.69, 9.17) is 4.74 Å². The van der Waals surface area contributed by atoms with Gasteiger partial charge in [0.1, 0.15) is 10.6 Å². The Morgan fingerprint density at radius 1 is 1.21 bits per heavy atom. The van der Waals surface area contributed by atoms with Gasteiger partial charge in [-0.1, -0.05) is 0 Å². The average Bonchev–Trinajstić information content (AvgIpc) is 1.99. The zero-order valence-electron chi connectivity index (χ0n) is 8.17. The maximum Gasteiger partial charge on any atom is 0.332 e. The zero-order valence-corrected chi connectivity index (χ0v) is 8.98. The van der Waals surface area contributed by atoms with Crippen molar-refractivity contribution in [3.05, 3.63) is 23.3 Å². The molecule has 0 aliphatic carbocycles. The van der Waals surface area contributed by atoms with Gasteiger partial charge in [-0.25, -0.2) is 0 Å². The van der Waals surface area contributed by atoms with Crippen molar-refractivity contribution in [2.75, 3.05) is 7.11 Å². The van der Waals surface area contributed by atoms with Crippen LogP contribution in [0.4, 0.5) is 3.89 Å². The second-order valence-electron chi connectivity index (χ2n) is 3.03. The smallest absolute Gasteiger partial charge is 0.332 e. The molecule has 0 atom stereocenters. The van der Waals surface area contributed by atoms with Crippen molar-refractivity contribution in [3.8, 4) is 5.75 Å². The molecule has 0 spiro atoms. The van der Waals surface area contributed by atoms with Crippen LogP contribution in [-0.2, 0) is 10.2 Å². The Hall–Kier alpha value is -1.10. The topological polar surface area (TPSA) is 43.4 Å². The number of hydrogen-bond donors (Lipinski definition) is 0. The van der Waals surface area contributed by atoms with E-state index in [0.717, 1.165) is 0 Å². The van der Waals surface area contributed by atoms with Crippen LogP contribution in [0.3, 0.4) is 0 Å². The number of rotatable bonds is 2. The van der Waals surface area contributed by atoms with E-state index in [-0.39, 0.29) is 4.90 Å². The van der Waals surface area contributed by atoms with E-state index < -0.39 is 10.2 Å². The van der Waals surface area contributed by atoms with Gasteiger partial charge in [-0.3, -0.25) is 0 Å². The predicted octanol–water partition coefficient (Wildman–Crippen LogP) is 1.97. The standard InChI is InChI=1S/C9H11FO3S/c1-6-4-8(13-3)5-7(2)9(6)14(10,11)12/h4-5H,1-3H3. The van der Waals surface area contributed by atoms with Crippen LogP contribution in [0.1, 0.15) is 11.1 Å². The third kappa shape index (κ3) is 2.04. The number of ether oxygens (including phenoxy) is 1. The molecule has 14 heavy (non-hydrogen) atoms. The Balaban J connectivity index is 3.48. The van der Waals surface area contributed by atoms with Crippen LogP contribution in [0.25, 0.3) is 0 Å². The summed E-state index contributed by atoms with van der Waals surface area (Å²) in [5.41, 5.74) is 0.703. The minimum absolute atomic E-state index is 0.265. The van der Waals surface area contributed by atoms with Gasteiger partial charge in [-0.2, -0.15) is 8.42 Å². The van der Waals surface area contributed by atoms with Gasteiger partial charge < -0.3 is 4.74 Å². The molecule has 0 saturated heterocycles. The maximum atomic E-state index is 12.8. The average molecular weight is 218 g/mol. The number of aryl methyl sites for hydroxylation is 2. The molecule has 0 radical (unpaired) electrons. The monoisotopic (exact) mass is 218 g/mol. The molecule has 0 amide bonds. The lowest BCUT2D eigenvalue weighted by Gasteiger charge is -2.08. The molecular weight excluding hydrogens is 207 g/mol. The van der Waals surface area contributed by atoms with E-state index in [1.165, 1.54) is 33.1 Å². The molecule has 0 heterocycles. The summed E-state index contributed by atoms with van der Waals surface area (Å²) in [6.45, 7) is 3.06. The predicted molar refractivity (Wildman–Crippen MR) is 50.8 cm³/mol. The van der Waals surface area contributed by atoms with Crippen LogP contribution < -0.4 is 4.74 Å². The number of halogens is 1. The first-order chi connectivity index (χ1) is 6.36. The van der Waals surface area contributed by atoms with Crippen molar-refractivity contribution in [1.29, 1.82) is 0 Å². The fourth-order valence-corrected chi connectivity index (χ4v) is 2.30. The molecule has 0 saturated carbocycles. The molecule has 0 bridgehead atoms. The van der Waals surface area contributed by atoms with Crippen molar-refractivity contribution in [1.82, 2.24) is 0 Å². The molecule has 3 nitrogen and oxygen atoms in total. The molecule has 78 valence electrons. The molecule has 0 N–H and O–H groups in total. The van der Waals surface area contributed by atoms with E-state index in [0.29, 0.717) is 16.9 Å². The lowest BCUT2D eigenvalue weighted by atomic mass is 10.1. The van der Waals surface area contributed by atoms with Crippen LogP contribution in [0.5, 0.6) is 5.75 Å². The summed E-state index contributed by atoms with van der Waals surface area (Å²) in [5.74, 6) is 0.521. The third-order valence-corrected chi connectivity index (χ3v) is 3.04. The molecule has 0 aromatic heterocycles. The molecule has 1 aromatic rings. The van der Waals surface area contributed by atoms with E-state index in [9.17, 15) is 12.3 Å². The fourth-order valence-electron chi connectivity index (χ4n) is 1.41. The minimum atomic E-state index is -4.64. The largest absolute Gasteiger partial charge is 0.497 e. The highest BCUT2D eigenvalue weighted by Crippen LogP contribution is 2.26. The van der Waals surface area contributed by atoms with Gasteiger partial charge >= 0.3 is 10.2 Å². The van der Waals surface area contributed by atoms with Crippen molar-refractivity contribution in [2.45, 2.75) is 18.7 Å². The van der Waals surface area contributed by atoms with Crippen LogP contribution in [0, 0.1) is 13.8 Å². The van der Waals surface area contributed by atoms with Gasteiger partial charge in [-0.15, -0.1) is 3.89 Å². The van der Waals surface area contributed by atoms with E-state index in [1.54, 1.807) is 0 Å². The first kappa shape index (κ1) is 11.0. The Morgan fingerprint density at radius 3 is 1.93 bits per heavy atom. The Morgan fingerprint density at radius 2 is 1.64 bits per heavy atom. The first-order valence-corrected chi connectivity index (χ1v) is 5.34. The number of methoxy groups -OCH3 is 1. The third-order valence-electron chi connectivity index (χ3n) is 1.91. The highest BCUT2D eigenvalue weighted by molar-refractivity contribution is 7.86. The lowest BCUT2D eigenvalue weighted by molar-refractivity contribution is 0.413. The summed E-state index contributed by atoms with van der Waals surface area (Å²) >= 11 is 0. The summed E-state index contributed by atoms with van der Waals surface area (Å²) in [4.78, 5) is -0.265. The number of benzene rings is 1. The molecule has 0 unspecified atom stereocenters. The zero-order chi connectivity index (χ0) is 10.9. The Labute approximate surface area is 82.7 Å². The molecular formula is C9H11FO3S. The summed E-state index contributed by atoms with van der Waals surface area (Å²) in [6.07, 6.45) is 0. The van der Waals surface area contributed by atoms with Gasteiger partial charge in [0.15, 0.2) is 0 Å². The molecule has 0 aliphatic rings. The van der Waals surface area contributed by atoms with Gasteiger partial charge in [0, 0.05) is 0 Å². The lowest BCUT2D eigenvalue weighted by Crippen LogP contribution is -2.00.